The van der Waals surface area contributed by atoms with Gasteiger partial charge in [0.2, 0.25) is 0 Å². The van der Waals surface area contributed by atoms with Crippen LogP contribution in [-0.4, -0.2) is 32.4 Å². The van der Waals surface area contributed by atoms with Crippen LogP contribution in [0.2, 0.25) is 5.02 Å². The van der Waals surface area contributed by atoms with Crippen LogP contribution in [0.25, 0.3) is 0 Å². The van der Waals surface area contributed by atoms with Gasteiger partial charge in [0.1, 0.15) is 0 Å². The van der Waals surface area contributed by atoms with E-state index < -0.39 is 10.2 Å². The van der Waals surface area contributed by atoms with Gasteiger partial charge in [0, 0.05) is 18.1 Å². The number of benzene rings is 1. The molecule has 1 aromatic carbocycles. The zero-order chi connectivity index (χ0) is 12.5. The predicted octanol–water partition coefficient (Wildman–Crippen LogP) is 0.917. The summed E-state index contributed by atoms with van der Waals surface area (Å²) in [6, 6.07) is 7.13. The van der Waals surface area contributed by atoms with Gasteiger partial charge in [-0.25, -0.2) is 5.14 Å². The van der Waals surface area contributed by atoms with Crippen molar-refractivity contribution in [2.24, 2.45) is 5.14 Å². The molecule has 0 radical (unpaired) electrons. The first-order valence-electron chi connectivity index (χ1n) is 5.12. The molecule has 0 spiro atoms. The zero-order valence-electron chi connectivity index (χ0n) is 9.04. The summed E-state index contributed by atoms with van der Waals surface area (Å²) in [4.78, 5) is 0. The molecule has 17 heavy (non-hydrogen) atoms. The highest BCUT2D eigenvalue weighted by molar-refractivity contribution is 7.86. The van der Waals surface area contributed by atoms with E-state index in [9.17, 15) is 8.42 Å². The third-order valence-electron chi connectivity index (χ3n) is 2.63. The molecule has 1 aromatic rings. The average Bonchev–Trinajstić information content (AvgIpc) is 2.29. The van der Waals surface area contributed by atoms with Crippen LogP contribution >= 0.6 is 11.6 Å². The van der Waals surface area contributed by atoms with Crippen molar-refractivity contribution in [3.63, 3.8) is 0 Å². The van der Waals surface area contributed by atoms with Crippen LogP contribution < -0.4 is 5.14 Å². The number of halogens is 1. The maximum absolute atomic E-state index is 11.2. The van der Waals surface area contributed by atoms with E-state index in [1.807, 2.05) is 12.1 Å². The van der Waals surface area contributed by atoms with Crippen LogP contribution in [0.4, 0.5) is 0 Å². The van der Waals surface area contributed by atoms with Crippen molar-refractivity contribution in [3.05, 3.63) is 34.9 Å². The topological polar surface area (TPSA) is 72.6 Å². The molecule has 7 heteroatoms. The Balaban J connectivity index is 2.15. The quantitative estimate of drug-likeness (QED) is 0.873. The molecular formula is C10H13ClN2O3S. The summed E-state index contributed by atoms with van der Waals surface area (Å²) < 4.78 is 29.2. The molecule has 1 aliphatic heterocycles. The molecule has 1 aliphatic rings. The molecular weight excluding hydrogens is 264 g/mol. The van der Waals surface area contributed by atoms with Crippen molar-refractivity contribution in [2.45, 2.75) is 6.10 Å². The Morgan fingerprint density at radius 1 is 1.35 bits per heavy atom. The Labute approximate surface area is 105 Å². The van der Waals surface area contributed by atoms with Crippen molar-refractivity contribution >= 4 is 21.8 Å². The highest BCUT2D eigenvalue weighted by atomic mass is 35.5. The minimum Gasteiger partial charge on any atom is -0.371 e. The van der Waals surface area contributed by atoms with Gasteiger partial charge in [-0.15, -0.1) is 0 Å². The molecule has 1 unspecified atom stereocenters. The summed E-state index contributed by atoms with van der Waals surface area (Å²) in [6.45, 7) is 0.868. The first kappa shape index (κ1) is 12.8. The van der Waals surface area contributed by atoms with Gasteiger partial charge < -0.3 is 4.74 Å². The summed E-state index contributed by atoms with van der Waals surface area (Å²) in [6.07, 6.45) is -0.292. The van der Waals surface area contributed by atoms with Crippen molar-refractivity contribution in [2.75, 3.05) is 19.7 Å². The largest absolute Gasteiger partial charge is 0.371 e. The molecule has 0 bridgehead atoms. The number of nitrogens with zero attached hydrogens (tertiary/aromatic N) is 1. The van der Waals surface area contributed by atoms with Gasteiger partial charge in [0.15, 0.2) is 0 Å². The van der Waals surface area contributed by atoms with E-state index in [4.69, 9.17) is 21.5 Å². The number of morpholine rings is 1. The molecule has 1 saturated heterocycles. The highest BCUT2D eigenvalue weighted by Crippen LogP contribution is 2.24. The molecule has 2 N–H and O–H groups in total. The van der Waals surface area contributed by atoms with Crippen molar-refractivity contribution in [1.29, 1.82) is 0 Å². The van der Waals surface area contributed by atoms with Gasteiger partial charge in [-0.05, 0) is 17.7 Å². The van der Waals surface area contributed by atoms with Gasteiger partial charge in [0.25, 0.3) is 10.2 Å². The average molecular weight is 277 g/mol. The van der Waals surface area contributed by atoms with Crippen LogP contribution in [-0.2, 0) is 14.9 Å². The summed E-state index contributed by atoms with van der Waals surface area (Å²) in [5, 5.41) is 5.73. The molecule has 0 aliphatic carbocycles. The second-order valence-corrected chi connectivity index (χ2v) is 5.80. The normalized spacial score (nSPS) is 22.6. The van der Waals surface area contributed by atoms with Crippen molar-refractivity contribution in [3.8, 4) is 0 Å². The standard InChI is InChI=1S/C10H13ClN2O3S/c11-9-3-1-8(2-4-9)10-7-13(5-6-16-10)17(12,14)15/h1-4,10H,5-7H2,(H2,12,14,15). The molecule has 1 heterocycles. The maximum atomic E-state index is 11.2. The third-order valence-corrected chi connectivity index (χ3v) is 3.93. The second-order valence-electron chi connectivity index (χ2n) is 3.81. The summed E-state index contributed by atoms with van der Waals surface area (Å²) in [5.41, 5.74) is 0.891. The summed E-state index contributed by atoms with van der Waals surface area (Å²) in [5.74, 6) is 0. The Bertz CT molecular complexity index is 489. The Morgan fingerprint density at radius 2 is 2.00 bits per heavy atom. The van der Waals surface area contributed by atoms with Gasteiger partial charge in [-0.3, -0.25) is 0 Å². The zero-order valence-corrected chi connectivity index (χ0v) is 10.6. The van der Waals surface area contributed by atoms with Crippen molar-refractivity contribution < 1.29 is 13.2 Å². The summed E-state index contributed by atoms with van der Waals surface area (Å²) >= 11 is 5.78. The van der Waals surface area contributed by atoms with Crippen molar-refractivity contribution in [1.82, 2.24) is 4.31 Å². The smallest absolute Gasteiger partial charge is 0.277 e. The minimum atomic E-state index is -3.65. The first-order chi connectivity index (χ1) is 7.97. The lowest BCUT2D eigenvalue weighted by molar-refractivity contribution is -0.00254. The van der Waals surface area contributed by atoms with Gasteiger partial charge in [-0.2, -0.15) is 12.7 Å². The Kier molecular flexibility index (Phi) is 3.70. The summed E-state index contributed by atoms with van der Waals surface area (Å²) in [7, 11) is -3.65. The molecule has 94 valence electrons. The number of rotatable bonds is 2. The lowest BCUT2D eigenvalue weighted by Gasteiger charge is -2.31. The molecule has 0 aromatic heterocycles. The number of hydrogen-bond donors (Lipinski definition) is 1. The van der Waals surface area contributed by atoms with Crippen LogP contribution in [0.5, 0.6) is 0 Å². The molecule has 0 amide bonds. The van der Waals surface area contributed by atoms with E-state index in [0.717, 1.165) is 5.56 Å². The molecule has 0 saturated carbocycles. The number of ether oxygens (including phenoxy) is 1. The van der Waals surface area contributed by atoms with E-state index in [2.05, 4.69) is 0 Å². The van der Waals surface area contributed by atoms with E-state index in [-0.39, 0.29) is 12.6 Å². The fraction of sp³-hybridized carbons (Fsp3) is 0.400. The Hall–Kier alpha value is -0.660. The van der Waals surface area contributed by atoms with E-state index in [1.54, 1.807) is 12.1 Å². The van der Waals surface area contributed by atoms with E-state index in [0.29, 0.717) is 18.2 Å². The third kappa shape index (κ3) is 3.17. The molecule has 5 nitrogen and oxygen atoms in total. The SMILES string of the molecule is NS(=O)(=O)N1CCOC(c2ccc(Cl)cc2)C1. The van der Waals surface area contributed by atoms with Crippen LogP contribution in [0.3, 0.4) is 0 Å². The van der Waals surface area contributed by atoms with Gasteiger partial charge >= 0.3 is 0 Å². The van der Waals surface area contributed by atoms with Crippen LogP contribution in [0.1, 0.15) is 11.7 Å². The minimum absolute atomic E-state index is 0.237. The predicted molar refractivity (Wildman–Crippen MR) is 64.8 cm³/mol. The molecule has 2 rings (SSSR count). The lowest BCUT2D eigenvalue weighted by atomic mass is 10.1. The fourth-order valence-electron chi connectivity index (χ4n) is 1.74. The lowest BCUT2D eigenvalue weighted by Crippen LogP contribution is -2.45. The number of nitrogens with two attached hydrogens (primary N) is 1. The molecule has 1 fully saturated rings. The van der Waals surface area contributed by atoms with Gasteiger partial charge in [0.05, 0.1) is 12.7 Å². The van der Waals surface area contributed by atoms with Gasteiger partial charge in [-0.1, -0.05) is 23.7 Å². The van der Waals surface area contributed by atoms with E-state index >= 15 is 0 Å². The molecule has 1 atom stereocenters. The van der Waals surface area contributed by atoms with E-state index in [1.165, 1.54) is 4.31 Å². The monoisotopic (exact) mass is 276 g/mol. The second kappa shape index (κ2) is 4.91. The van der Waals surface area contributed by atoms with Crippen LogP contribution in [0.15, 0.2) is 24.3 Å². The first-order valence-corrected chi connectivity index (χ1v) is 7.00. The Morgan fingerprint density at radius 3 is 2.59 bits per heavy atom. The van der Waals surface area contributed by atoms with Crippen LogP contribution in [0, 0.1) is 0 Å². The maximum Gasteiger partial charge on any atom is 0.277 e. The highest BCUT2D eigenvalue weighted by Gasteiger charge is 2.27. The number of hydrogen-bond acceptors (Lipinski definition) is 3. The fourth-order valence-corrected chi connectivity index (χ4v) is 2.53.